The van der Waals surface area contributed by atoms with Gasteiger partial charge in [-0.3, -0.25) is 28.4 Å². The molecule has 0 bridgehead atoms. The van der Waals surface area contributed by atoms with Crippen molar-refractivity contribution in [3.8, 4) is 0 Å². The quantitative estimate of drug-likeness (QED) is 0.199. The molecule has 1 N–H and O–H groups in total. The molecule has 50 heavy (non-hydrogen) atoms. The summed E-state index contributed by atoms with van der Waals surface area (Å²) in [5.41, 5.74) is 2.86. The third kappa shape index (κ3) is 6.56. The molecule has 6 unspecified atom stereocenters. The van der Waals surface area contributed by atoms with E-state index in [4.69, 9.17) is 37.9 Å². The number of fused-ring (bicyclic) bond motifs is 6. The van der Waals surface area contributed by atoms with Crippen LogP contribution < -0.4 is 5.56 Å². The van der Waals surface area contributed by atoms with Gasteiger partial charge in [0.25, 0.3) is 5.56 Å². The van der Waals surface area contributed by atoms with E-state index in [1.165, 1.54) is 14.0 Å². The Labute approximate surface area is 285 Å². The number of benzene rings is 1. The van der Waals surface area contributed by atoms with E-state index >= 15 is 0 Å². The molecule has 1 saturated heterocycles. The molecule has 2 aliphatic rings. The SMILES string of the molecule is CC[C@@H]1c2cc3c4[nH]c5ccccc5c4ccn3c(=O)c2C(OC)O[C@H]1OC1OC(COC(C)=O)C(OC(C)=O)C(OC(C)=O)C1OC(C)=O. The first-order chi connectivity index (χ1) is 23.9. The summed E-state index contributed by atoms with van der Waals surface area (Å²) in [7, 11) is 1.39. The van der Waals surface area contributed by atoms with E-state index < -0.39 is 79.7 Å². The van der Waals surface area contributed by atoms with Crippen molar-refractivity contribution in [2.24, 2.45) is 0 Å². The fourth-order valence-electron chi connectivity index (χ4n) is 6.80. The standard InChI is InChI=1S/C35H38N2O13/c1-7-20-23-14-25-28-22(21-10-8-9-11-24(21)36-28)12-13-37(25)32(42)27(23)34(43-6)49-33(20)50-35-31(47-19(5)41)30(46-18(4)40)29(45-17(3)39)26(48-35)15-44-16(2)38/h8-14,20,26,29-31,33-36H,7,15H2,1-6H3/t20-,26?,29?,30?,31?,33+,34?,35?/m1/s1. The van der Waals surface area contributed by atoms with Gasteiger partial charge in [-0.15, -0.1) is 0 Å². The number of esters is 4. The molecule has 3 aromatic heterocycles. The largest absolute Gasteiger partial charge is 0.463 e. The summed E-state index contributed by atoms with van der Waals surface area (Å²) in [5, 5.41) is 1.94. The number of pyridine rings is 2. The Kier molecular flexibility index (Phi) is 9.94. The van der Waals surface area contributed by atoms with E-state index in [0.29, 0.717) is 17.5 Å². The molecule has 0 amide bonds. The lowest BCUT2D eigenvalue weighted by molar-refractivity contribution is -0.361. The second kappa shape index (κ2) is 14.2. The number of carbonyl (C=O) groups is 4. The summed E-state index contributed by atoms with van der Waals surface area (Å²) in [4.78, 5) is 66.2. The molecule has 1 fully saturated rings. The zero-order valence-electron chi connectivity index (χ0n) is 28.3. The molecule has 15 heteroatoms. The maximum atomic E-state index is 14.1. The molecule has 0 spiro atoms. The van der Waals surface area contributed by atoms with E-state index in [2.05, 4.69) is 4.98 Å². The van der Waals surface area contributed by atoms with Crippen LogP contribution in [-0.2, 0) is 57.1 Å². The van der Waals surface area contributed by atoms with Crippen molar-refractivity contribution in [1.29, 1.82) is 0 Å². The van der Waals surface area contributed by atoms with Crippen LogP contribution in [-0.4, -0.2) is 84.0 Å². The number of rotatable bonds is 9. The minimum absolute atomic E-state index is 0.286. The van der Waals surface area contributed by atoms with E-state index in [0.717, 1.165) is 42.6 Å². The van der Waals surface area contributed by atoms with E-state index in [-0.39, 0.29) is 11.1 Å². The fourth-order valence-corrected chi connectivity index (χ4v) is 6.80. The van der Waals surface area contributed by atoms with Crippen molar-refractivity contribution in [3.05, 3.63) is 64.1 Å². The normalized spacial score (nSPS) is 26.4. The van der Waals surface area contributed by atoms with Gasteiger partial charge < -0.3 is 42.9 Å². The van der Waals surface area contributed by atoms with Gasteiger partial charge in [-0.2, -0.15) is 0 Å². The first kappa shape index (κ1) is 35.0. The van der Waals surface area contributed by atoms with E-state index in [1.807, 2.05) is 43.3 Å². The van der Waals surface area contributed by atoms with Crippen LogP contribution in [0.5, 0.6) is 0 Å². The van der Waals surface area contributed by atoms with Crippen LogP contribution in [0.25, 0.3) is 27.3 Å². The van der Waals surface area contributed by atoms with Gasteiger partial charge in [-0.05, 0) is 30.2 Å². The predicted octanol–water partition coefficient (Wildman–Crippen LogP) is 3.53. The van der Waals surface area contributed by atoms with E-state index in [1.54, 1.807) is 10.6 Å². The highest BCUT2D eigenvalue weighted by Gasteiger charge is 2.54. The van der Waals surface area contributed by atoms with Gasteiger partial charge >= 0.3 is 23.9 Å². The number of hydrogen-bond acceptors (Lipinski definition) is 13. The number of carbonyl (C=O) groups excluding carboxylic acids is 4. The Morgan fingerprint density at radius 2 is 1.52 bits per heavy atom. The van der Waals surface area contributed by atoms with E-state index in [9.17, 15) is 24.0 Å². The number of aromatic amines is 1. The van der Waals surface area contributed by atoms with Gasteiger partial charge in [0.1, 0.15) is 12.7 Å². The average Bonchev–Trinajstić information content (AvgIpc) is 3.45. The summed E-state index contributed by atoms with van der Waals surface area (Å²) < 4.78 is 47.9. The summed E-state index contributed by atoms with van der Waals surface area (Å²) in [5.74, 6) is -3.54. The summed E-state index contributed by atoms with van der Waals surface area (Å²) in [6, 6.07) is 11.6. The van der Waals surface area contributed by atoms with Crippen LogP contribution in [0, 0.1) is 0 Å². The predicted molar refractivity (Wildman–Crippen MR) is 174 cm³/mol. The zero-order chi connectivity index (χ0) is 35.9. The number of aromatic nitrogens is 2. The Morgan fingerprint density at radius 1 is 0.840 bits per heavy atom. The summed E-state index contributed by atoms with van der Waals surface area (Å²) in [6.45, 7) is 6.06. The van der Waals surface area contributed by atoms with Crippen LogP contribution >= 0.6 is 0 Å². The minimum atomic E-state index is -1.50. The van der Waals surface area contributed by atoms with Gasteiger partial charge in [0.05, 0.1) is 16.6 Å². The Bertz CT molecular complexity index is 2020. The lowest BCUT2D eigenvalue weighted by atomic mass is 9.89. The zero-order valence-corrected chi connectivity index (χ0v) is 28.3. The lowest BCUT2D eigenvalue weighted by Gasteiger charge is -2.46. The van der Waals surface area contributed by atoms with Crippen LogP contribution in [0.4, 0.5) is 0 Å². The van der Waals surface area contributed by atoms with Crippen molar-refractivity contribution in [2.75, 3.05) is 13.7 Å². The average molecular weight is 695 g/mol. The minimum Gasteiger partial charge on any atom is -0.463 e. The Balaban J connectivity index is 1.44. The topological polar surface area (TPSA) is 179 Å². The van der Waals surface area contributed by atoms with Gasteiger partial charge in [-0.25, -0.2) is 0 Å². The highest BCUT2D eigenvalue weighted by molar-refractivity contribution is 6.11. The molecule has 1 aromatic carbocycles. The maximum Gasteiger partial charge on any atom is 0.303 e. The second-order valence-corrected chi connectivity index (χ2v) is 12.1. The second-order valence-electron chi connectivity index (χ2n) is 12.1. The molecular weight excluding hydrogens is 656 g/mol. The van der Waals surface area contributed by atoms with Crippen LogP contribution in [0.2, 0.25) is 0 Å². The molecule has 5 heterocycles. The summed E-state index contributed by atoms with van der Waals surface area (Å²) in [6.07, 6.45) is -7.19. The molecule has 2 aliphatic heterocycles. The Morgan fingerprint density at radius 3 is 2.18 bits per heavy atom. The van der Waals surface area contributed by atoms with Crippen molar-refractivity contribution >= 4 is 51.2 Å². The number of hydrogen-bond donors (Lipinski definition) is 1. The maximum absolute atomic E-state index is 14.1. The number of H-pyrrole nitrogens is 1. The van der Waals surface area contributed by atoms with Crippen LogP contribution in [0.1, 0.15) is 64.4 Å². The van der Waals surface area contributed by atoms with Crippen molar-refractivity contribution < 1.29 is 57.1 Å². The van der Waals surface area contributed by atoms with Gasteiger partial charge in [0.2, 0.25) is 6.29 Å². The van der Waals surface area contributed by atoms with Gasteiger partial charge in [0.15, 0.2) is 30.9 Å². The highest BCUT2D eigenvalue weighted by atomic mass is 16.8. The molecule has 4 aromatic rings. The molecule has 15 nitrogen and oxygen atoms in total. The molecule has 266 valence electrons. The first-order valence-corrected chi connectivity index (χ1v) is 16.1. The van der Waals surface area contributed by atoms with Crippen LogP contribution in [0.3, 0.4) is 0 Å². The summed E-state index contributed by atoms with van der Waals surface area (Å²) >= 11 is 0. The molecule has 6 rings (SSSR count). The fraction of sp³-hybridized carbons (Fsp3) is 0.457. The lowest BCUT2D eigenvalue weighted by Crippen LogP contribution is -2.63. The molecule has 0 radical (unpaired) electrons. The number of para-hydroxylation sites is 1. The Hall–Kier alpha value is -4.83. The highest BCUT2D eigenvalue weighted by Crippen LogP contribution is 2.42. The van der Waals surface area contributed by atoms with Gasteiger partial charge in [-0.1, -0.05) is 25.1 Å². The molecular formula is C35H38N2O13. The third-order valence-corrected chi connectivity index (χ3v) is 8.80. The van der Waals surface area contributed by atoms with Crippen molar-refractivity contribution in [1.82, 2.24) is 9.38 Å². The molecule has 0 aliphatic carbocycles. The van der Waals surface area contributed by atoms with Crippen LogP contribution in [0.15, 0.2) is 47.4 Å². The smallest absolute Gasteiger partial charge is 0.303 e. The molecule has 0 saturated carbocycles. The molecule has 8 atom stereocenters. The first-order valence-electron chi connectivity index (χ1n) is 16.1. The number of nitrogens with zero attached hydrogens (tertiary/aromatic N) is 1. The monoisotopic (exact) mass is 694 g/mol. The van der Waals surface area contributed by atoms with Gasteiger partial charge in [0, 0.05) is 63.2 Å². The number of ether oxygens (including phenoxy) is 8. The van der Waals surface area contributed by atoms with Crippen molar-refractivity contribution in [3.63, 3.8) is 0 Å². The third-order valence-electron chi connectivity index (χ3n) is 8.80. The number of methoxy groups -OCH3 is 1. The number of nitrogens with one attached hydrogen (secondary N) is 1. The van der Waals surface area contributed by atoms with Crippen molar-refractivity contribution in [2.45, 2.75) is 90.2 Å².